The Balaban J connectivity index is 1.72. The van der Waals surface area contributed by atoms with Gasteiger partial charge in [0.1, 0.15) is 5.41 Å². The quantitative estimate of drug-likeness (QED) is 0.742. The van der Waals surface area contributed by atoms with Crippen LogP contribution in [0.3, 0.4) is 0 Å². The van der Waals surface area contributed by atoms with Crippen molar-refractivity contribution in [3.8, 4) is 0 Å². The number of hydrogen-bond acceptors (Lipinski definition) is 4. The first-order chi connectivity index (χ1) is 9.03. The largest absolute Gasteiger partial charge is 0.385 e. The summed E-state index contributed by atoms with van der Waals surface area (Å²) in [5.41, 5.74) is -0.912. The minimum Gasteiger partial charge on any atom is -0.385 e. The molecule has 0 atom stereocenters. The van der Waals surface area contributed by atoms with Gasteiger partial charge in [0.2, 0.25) is 11.8 Å². The summed E-state index contributed by atoms with van der Waals surface area (Å²) >= 11 is 0. The lowest BCUT2D eigenvalue weighted by Crippen LogP contribution is -2.60. The van der Waals surface area contributed by atoms with Crippen molar-refractivity contribution in [1.29, 1.82) is 0 Å². The molecule has 0 radical (unpaired) electrons. The van der Waals surface area contributed by atoms with Gasteiger partial charge in [0.15, 0.2) is 0 Å². The van der Waals surface area contributed by atoms with Gasteiger partial charge in [-0.2, -0.15) is 0 Å². The Bertz CT molecular complexity index is 452. The van der Waals surface area contributed by atoms with E-state index >= 15 is 0 Å². The maximum Gasteiger partial charge on any atom is 0.330 e. The average Bonchev–Trinajstić information content (AvgIpc) is 3.26. The van der Waals surface area contributed by atoms with Crippen molar-refractivity contribution >= 4 is 17.8 Å². The summed E-state index contributed by atoms with van der Waals surface area (Å²) < 4.78 is 5.07. The molecular formula is C13H18N2O4. The number of hydrogen-bond donors (Lipinski definition) is 1. The molecular weight excluding hydrogens is 248 g/mol. The third kappa shape index (κ3) is 1.94. The Morgan fingerprint density at radius 3 is 2.42 bits per heavy atom. The van der Waals surface area contributed by atoms with Crippen LogP contribution in [0.25, 0.3) is 0 Å². The second-order valence-electron chi connectivity index (χ2n) is 5.98. The fourth-order valence-corrected chi connectivity index (χ4v) is 2.76. The van der Waals surface area contributed by atoms with E-state index in [2.05, 4.69) is 5.32 Å². The van der Waals surface area contributed by atoms with Gasteiger partial charge in [-0.1, -0.05) is 0 Å². The fourth-order valence-electron chi connectivity index (χ4n) is 2.76. The molecule has 1 heterocycles. The van der Waals surface area contributed by atoms with Crippen LogP contribution < -0.4 is 5.32 Å². The number of carbonyl (C=O) groups excluding carboxylic acids is 3. The van der Waals surface area contributed by atoms with Gasteiger partial charge in [0, 0.05) is 20.3 Å². The van der Waals surface area contributed by atoms with E-state index in [-0.39, 0.29) is 11.3 Å². The van der Waals surface area contributed by atoms with Crippen LogP contribution in [0.5, 0.6) is 0 Å². The van der Waals surface area contributed by atoms with Gasteiger partial charge in [-0.15, -0.1) is 0 Å². The van der Waals surface area contributed by atoms with E-state index in [0.717, 1.165) is 19.3 Å². The molecule has 6 nitrogen and oxygen atoms in total. The molecule has 0 aromatic rings. The van der Waals surface area contributed by atoms with E-state index in [4.69, 9.17) is 4.74 Å². The minimum absolute atomic E-state index is 0.0134. The number of carbonyl (C=O) groups is 3. The maximum atomic E-state index is 12.3. The van der Waals surface area contributed by atoms with Crippen molar-refractivity contribution in [3.05, 3.63) is 0 Å². The summed E-state index contributed by atoms with van der Waals surface area (Å²) in [6.45, 7) is 1.05. The van der Waals surface area contributed by atoms with E-state index in [1.165, 1.54) is 4.90 Å². The second kappa shape index (κ2) is 4.03. The third-order valence-electron chi connectivity index (χ3n) is 4.59. The highest BCUT2D eigenvalue weighted by Gasteiger charge is 2.63. The molecule has 3 rings (SSSR count). The van der Waals surface area contributed by atoms with Crippen LogP contribution in [-0.2, 0) is 14.3 Å². The molecule has 1 aliphatic heterocycles. The van der Waals surface area contributed by atoms with Crippen LogP contribution in [0.15, 0.2) is 0 Å². The highest BCUT2D eigenvalue weighted by atomic mass is 16.5. The molecule has 2 aliphatic carbocycles. The molecule has 0 aromatic heterocycles. The number of imide groups is 2. The molecule has 0 bridgehead atoms. The van der Waals surface area contributed by atoms with Crippen LogP contribution in [0.1, 0.15) is 32.1 Å². The molecule has 2 saturated carbocycles. The Morgan fingerprint density at radius 2 is 1.89 bits per heavy atom. The van der Waals surface area contributed by atoms with Crippen LogP contribution in [0, 0.1) is 10.8 Å². The van der Waals surface area contributed by atoms with Gasteiger partial charge in [-0.25, -0.2) is 4.79 Å². The minimum atomic E-state index is -0.925. The predicted octanol–water partition coefficient (Wildman–Crippen LogP) is 0.662. The van der Waals surface area contributed by atoms with Crippen LogP contribution >= 0.6 is 0 Å². The number of rotatable bonds is 5. The number of methoxy groups -OCH3 is 1. The Hall–Kier alpha value is -1.43. The molecule has 19 heavy (non-hydrogen) atoms. The smallest absolute Gasteiger partial charge is 0.330 e. The summed E-state index contributed by atoms with van der Waals surface area (Å²) in [7, 11) is 1.65. The number of amides is 4. The lowest BCUT2D eigenvalue weighted by Gasteiger charge is -2.32. The van der Waals surface area contributed by atoms with E-state index in [9.17, 15) is 14.4 Å². The lowest BCUT2D eigenvalue weighted by atomic mass is 9.98. The van der Waals surface area contributed by atoms with E-state index in [1.54, 1.807) is 7.11 Å². The molecule has 1 N–H and O–H groups in total. The number of nitrogens with one attached hydrogen (secondary N) is 1. The summed E-state index contributed by atoms with van der Waals surface area (Å²) in [6.07, 6.45) is 3.99. The number of ether oxygens (including phenoxy) is 1. The first kappa shape index (κ1) is 12.6. The van der Waals surface area contributed by atoms with Gasteiger partial charge in [0.05, 0.1) is 0 Å². The SMILES string of the molecule is COCCC1(CN2C(=O)NC(=O)C3(CC3)C2=O)CC1. The number of urea groups is 1. The monoisotopic (exact) mass is 266 g/mol. The Kier molecular flexibility index (Phi) is 2.67. The van der Waals surface area contributed by atoms with E-state index in [1.807, 2.05) is 0 Å². The molecule has 3 aliphatic rings. The first-order valence-corrected chi connectivity index (χ1v) is 6.69. The van der Waals surface area contributed by atoms with Crippen molar-refractivity contribution in [2.75, 3.05) is 20.3 Å². The molecule has 104 valence electrons. The van der Waals surface area contributed by atoms with Crippen LogP contribution in [-0.4, -0.2) is 43.0 Å². The van der Waals surface area contributed by atoms with Gasteiger partial charge in [-0.05, 0) is 37.5 Å². The fraction of sp³-hybridized carbons (Fsp3) is 0.769. The van der Waals surface area contributed by atoms with E-state index < -0.39 is 17.4 Å². The molecule has 3 fully saturated rings. The molecule has 0 unspecified atom stereocenters. The molecule has 1 spiro atoms. The second-order valence-corrected chi connectivity index (χ2v) is 5.98. The van der Waals surface area contributed by atoms with Crippen LogP contribution in [0.4, 0.5) is 4.79 Å². The normalized spacial score (nSPS) is 26.6. The summed E-state index contributed by atoms with van der Waals surface area (Å²) in [6, 6.07) is -0.559. The van der Waals surface area contributed by atoms with Crippen molar-refractivity contribution in [1.82, 2.24) is 10.2 Å². The maximum absolute atomic E-state index is 12.3. The number of nitrogens with zero attached hydrogens (tertiary/aromatic N) is 1. The Morgan fingerprint density at radius 1 is 1.21 bits per heavy atom. The summed E-state index contributed by atoms with van der Waals surface area (Å²) in [4.78, 5) is 37.1. The molecule has 4 amide bonds. The topological polar surface area (TPSA) is 75.7 Å². The molecule has 6 heteroatoms. The first-order valence-electron chi connectivity index (χ1n) is 6.69. The van der Waals surface area contributed by atoms with Gasteiger partial charge in [-0.3, -0.25) is 19.8 Å². The molecule has 1 saturated heterocycles. The molecule has 0 aromatic carbocycles. The van der Waals surface area contributed by atoms with Gasteiger partial charge >= 0.3 is 6.03 Å². The van der Waals surface area contributed by atoms with Crippen molar-refractivity contribution in [3.63, 3.8) is 0 Å². The zero-order valence-electron chi connectivity index (χ0n) is 11.0. The van der Waals surface area contributed by atoms with Gasteiger partial charge in [0.25, 0.3) is 0 Å². The van der Waals surface area contributed by atoms with Crippen molar-refractivity contribution in [2.24, 2.45) is 10.8 Å². The number of barbiturate groups is 1. The third-order valence-corrected chi connectivity index (χ3v) is 4.59. The van der Waals surface area contributed by atoms with Crippen molar-refractivity contribution < 1.29 is 19.1 Å². The summed E-state index contributed by atoms with van der Waals surface area (Å²) in [5.74, 6) is -0.717. The highest BCUT2D eigenvalue weighted by molar-refractivity contribution is 6.20. The van der Waals surface area contributed by atoms with E-state index in [0.29, 0.717) is 26.0 Å². The van der Waals surface area contributed by atoms with Crippen molar-refractivity contribution in [2.45, 2.75) is 32.1 Å². The summed E-state index contributed by atoms with van der Waals surface area (Å²) in [5, 5.41) is 2.31. The lowest BCUT2D eigenvalue weighted by molar-refractivity contribution is -0.145. The zero-order valence-corrected chi connectivity index (χ0v) is 11.0. The van der Waals surface area contributed by atoms with Gasteiger partial charge < -0.3 is 4.74 Å². The van der Waals surface area contributed by atoms with Crippen LogP contribution in [0.2, 0.25) is 0 Å². The average molecular weight is 266 g/mol. The Labute approximate surface area is 111 Å². The highest BCUT2D eigenvalue weighted by Crippen LogP contribution is 2.53. The predicted molar refractivity (Wildman–Crippen MR) is 65.1 cm³/mol. The standard InChI is InChI=1S/C13H18N2O4/c1-19-7-6-12(2-3-12)8-15-10(17)13(4-5-13)9(16)14-11(15)18/h2-8H2,1H3,(H,14,16,18). The zero-order chi connectivity index (χ0) is 13.7.